The molecule has 3 aliphatic heterocycles. The zero-order valence-electron chi connectivity index (χ0n) is 22.6. The van der Waals surface area contributed by atoms with Crippen LogP contribution in [0, 0.1) is 5.92 Å². The van der Waals surface area contributed by atoms with E-state index in [1.54, 1.807) is 0 Å². The number of nitrogens with zero attached hydrogens (tertiary/aromatic N) is 1. The molecule has 41 heavy (non-hydrogen) atoms. The Morgan fingerprint density at radius 3 is 2.20 bits per heavy atom. The van der Waals surface area contributed by atoms with Crippen molar-refractivity contribution in [2.24, 2.45) is 5.92 Å². The SMILES string of the molecule is C[C@@H](O[C@H]1OCC[C@@H](CN2CCC3(CC2)CC(=O)CO3)[C@@H]1c1ccccc1)c1cc(C(F)(F)F)cc(C(F)(F)F)c1. The van der Waals surface area contributed by atoms with Crippen LogP contribution in [0.2, 0.25) is 0 Å². The van der Waals surface area contributed by atoms with Crippen LogP contribution in [0.15, 0.2) is 48.5 Å². The van der Waals surface area contributed by atoms with Crippen LogP contribution in [-0.4, -0.2) is 55.4 Å². The molecule has 11 heteroatoms. The molecule has 0 bridgehead atoms. The Balaban J connectivity index is 1.35. The van der Waals surface area contributed by atoms with Crippen LogP contribution >= 0.6 is 0 Å². The fourth-order valence-corrected chi connectivity index (χ4v) is 6.26. The molecule has 3 saturated heterocycles. The summed E-state index contributed by atoms with van der Waals surface area (Å²) in [7, 11) is 0. The van der Waals surface area contributed by atoms with E-state index in [4.69, 9.17) is 14.2 Å². The van der Waals surface area contributed by atoms with Gasteiger partial charge in [-0.3, -0.25) is 4.79 Å². The van der Waals surface area contributed by atoms with Crippen molar-refractivity contribution in [1.29, 1.82) is 0 Å². The Labute approximate surface area is 234 Å². The zero-order valence-corrected chi connectivity index (χ0v) is 22.6. The van der Waals surface area contributed by atoms with Gasteiger partial charge in [-0.05, 0) is 61.4 Å². The van der Waals surface area contributed by atoms with E-state index in [0.717, 1.165) is 31.5 Å². The second kappa shape index (κ2) is 11.7. The minimum Gasteiger partial charge on any atom is -0.367 e. The first-order chi connectivity index (χ1) is 19.3. The van der Waals surface area contributed by atoms with Gasteiger partial charge in [0.25, 0.3) is 0 Å². The molecule has 3 fully saturated rings. The Morgan fingerprint density at radius 1 is 1.00 bits per heavy atom. The molecule has 0 amide bonds. The minimum absolute atomic E-state index is 0.0655. The molecule has 3 aliphatic rings. The van der Waals surface area contributed by atoms with Crippen LogP contribution in [0.1, 0.15) is 66.9 Å². The molecule has 5 rings (SSSR count). The molecule has 5 nitrogen and oxygen atoms in total. The van der Waals surface area contributed by atoms with Crippen LogP contribution in [-0.2, 0) is 31.4 Å². The number of piperidine rings is 1. The highest BCUT2D eigenvalue weighted by Crippen LogP contribution is 2.42. The summed E-state index contributed by atoms with van der Waals surface area (Å²) in [6.07, 6.45) is -9.19. The fourth-order valence-electron chi connectivity index (χ4n) is 6.26. The third kappa shape index (κ3) is 6.96. The van der Waals surface area contributed by atoms with Gasteiger partial charge in [-0.2, -0.15) is 26.3 Å². The summed E-state index contributed by atoms with van der Waals surface area (Å²) >= 11 is 0. The number of benzene rings is 2. The first-order valence-corrected chi connectivity index (χ1v) is 13.8. The van der Waals surface area contributed by atoms with Gasteiger partial charge in [0.15, 0.2) is 12.1 Å². The second-order valence-corrected chi connectivity index (χ2v) is 11.3. The first kappa shape index (κ1) is 30.0. The highest BCUT2D eigenvalue weighted by atomic mass is 19.4. The van der Waals surface area contributed by atoms with Crippen molar-refractivity contribution in [2.75, 3.05) is 32.8 Å². The van der Waals surface area contributed by atoms with Crippen molar-refractivity contribution in [3.63, 3.8) is 0 Å². The number of carbonyl (C=O) groups is 1. The minimum atomic E-state index is -4.95. The van der Waals surface area contributed by atoms with Crippen LogP contribution < -0.4 is 0 Å². The molecule has 0 radical (unpaired) electrons. The van der Waals surface area contributed by atoms with Gasteiger partial charge in [0.2, 0.25) is 0 Å². The average Bonchev–Trinajstić information content (AvgIpc) is 3.29. The third-order valence-corrected chi connectivity index (χ3v) is 8.49. The largest absolute Gasteiger partial charge is 0.416 e. The fraction of sp³-hybridized carbons (Fsp3) is 0.567. The molecule has 3 heterocycles. The molecule has 224 valence electrons. The van der Waals surface area contributed by atoms with E-state index in [1.807, 2.05) is 30.3 Å². The van der Waals surface area contributed by atoms with Crippen molar-refractivity contribution in [2.45, 2.75) is 68.9 Å². The zero-order chi connectivity index (χ0) is 29.4. The van der Waals surface area contributed by atoms with E-state index in [-0.39, 0.29) is 41.5 Å². The quantitative estimate of drug-likeness (QED) is 0.350. The highest BCUT2D eigenvalue weighted by molar-refractivity contribution is 5.82. The number of halogens is 6. The first-order valence-electron chi connectivity index (χ1n) is 13.8. The number of ether oxygens (including phenoxy) is 3. The molecule has 0 unspecified atom stereocenters. The predicted molar refractivity (Wildman–Crippen MR) is 137 cm³/mol. The normalized spacial score (nSPS) is 26.4. The molecular formula is C30H33F6NO4. The summed E-state index contributed by atoms with van der Waals surface area (Å²) in [5.41, 5.74) is -2.43. The Kier molecular flexibility index (Phi) is 8.53. The number of rotatable bonds is 6. The summed E-state index contributed by atoms with van der Waals surface area (Å²) in [6, 6.07) is 11.0. The summed E-state index contributed by atoms with van der Waals surface area (Å²) in [6.45, 7) is 4.19. The molecule has 0 N–H and O–H groups in total. The lowest BCUT2D eigenvalue weighted by atomic mass is 9.80. The Hall–Kier alpha value is -2.47. The lowest BCUT2D eigenvalue weighted by Gasteiger charge is -2.44. The number of ketones is 1. The number of alkyl halides is 6. The smallest absolute Gasteiger partial charge is 0.367 e. The maximum atomic E-state index is 13.5. The highest BCUT2D eigenvalue weighted by Gasteiger charge is 2.44. The number of Topliss-reactive ketones (excluding diaryl/α,β-unsaturated/α-hetero) is 1. The van der Waals surface area contributed by atoms with Crippen LogP contribution in [0.25, 0.3) is 0 Å². The number of likely N-dealkylation sites (tertiary alicyclic amines) is 1. The van der Waals surface area contributed by atoms with Crippen molar-refractivity contribution in [1.82, 2.24) is 4.90 Å². The van der Waals surface area contributed by atoms with Crippen LogP contribution in [0.3, 0.4) is 0 Å². The Bertz CT molecular complexity index is 1180. The predicted octanol–water partition coefficient (Wildman–Crippen LogP) is 6.77. The summed E-state index contributed by atoms with van der Waals surface area (Å²) in [4.78, 5) is 14.1. The molecular weight excluding hydrogens is 552 g/mol. The maximum Gasteiger partial charge on any atom is 0.416 e. The molecule has 0 aromatic heterocycles. The molecule has 2 aromatic rings. The lowest BCUT2D eigenvalue weighted by Crippen LogP contribution is -2.48. The number of hydrogen-bond acceptors (Lipinski definition) is 5. The molecule has 0 saturated carbocycles. The van der Waals surface area contributed by atoms with Gasteiger partial charge >= 0.3 is 12.4 Å². The summed E-state index contributed by atoms with van der Waals surface area (Å²) in [5, 5.41) is 0. The van der Waals surface area contributed by atoms with Gasteiger partial charge in [0.05, 0.1) is 29.4 Å². The van der Waals surface area contributed by atoms with Crippen molar-refractivity contribution in [3.05, 3.63) is 70.8 Å². The van der Waals surface area contributed by atoms with Crippen molar-refractivity contribution < 1.29 is 45.3 Å². The standard InChI is InChI=1S/C30H33F6NO4/c1-19(22-13-23(29(31,32)33)15-24(14-22)30(34,35)36)41-27-26(20-5-3-2-4-6-20)21(7-12-39-27)17-37-10-8-28(9-11-37)16-25(38)18-40-28/h2-6,13-15,19,21,26-27H,7-12,16-18H2,1H3/t19-,21+,26+,27-/m1/s1. The van der Waals surface area contributed by atoms with E-state index in [0.29, 0.717) is 38.1 Å². The van der Waals surface area contributed by atoms with Crippen LogP contribution in [0.4, 0.5) is 26.3 Å². The maximum absolute atomic E-state index is 13.5. The molecule has 4 atom stereocenters. The Morgan fingerprint density at radius 2 is 1.63 bits per heavy atom. The average molecular weight is 586 g/mol. The summed E-state index contributed by atoms with van der Waals surface area (Å²) < 4.78 is 98.8. The third-order valence-electron chi connectivity index (χ3n) is 8.49. The van der Waals surface area contributed by atoms with Crippen LogP contribution in [0.5, 0.6) is 0 Å². The van der Waals surface area contributed by atoms with Gasteiger partial charge in [-0.1, -0.05) is 30.3 Å². The van der Waals surface area contributed by atoms with E-state index in [1.165, 1.54) is 6.92 Å². The second-order valence-electron chi connectivity index (χ2n) is 11.3. The van der Waals surface area contributed by atoms with E-state index in [2.05, 4.69) is 4.90 Å². The topological polar surface area (TPSA) is 48.0 Å². The van der Waals surface area contributed by atoms with Crippen molar-refractivity contribution in [3.8, 4) is 0 Å². The monoisotopic (exact) mass is 585 g/mol. The van der Waals surface area contributed by atoms with Gasteiger partial charge in [-0.25, -0.2) is 0 Å². The van der Waals surface area contributed by atoms with E-state index in [9.17, 15) is 31.1 Å². The summed E-state index contributed by atoms with van der Waals surface area (Å²) in [5.74, 6) is -0.0967. The van der Waals surface area contributed by atoms with Crippen molar-refractivity contribution >= 4 is 5.78 Å². The van der Waals surface area contributed by atoms with Gasteiger partial charge in [-0.15, -0.1) is 0 Å². The molecule has 2 aromatic carbocycles. The molecule has 0 aliphatic carbocycles. The number of hydrogen-bond donors (Lipinski definition) is 0. The van der Waals surface area contributed by atoms with Gasteiger partial charge < -0.3 is 19.1 Å². The van der Waals surface area contributed by atoms with Gasteiger partial charge in [0.1, 0.15) is 6.61 Å². The number of carbonyl (C=O) groups excluding carboxylic acids is 1. The molecule has 1 spiro atoms. The van der Waals surface area contributed by atoms with Gasteiger partial charge in [0, 0.05) is 32.0 Å². The lowest BCUT2D eigenvalue weighted by molar-refractivity contribution is -0.211. The van der Waals surface area contributed by atoms with E-state index >= 15 is 0 Å². The van der Waals surface area contributed by atoms with E-state index < -0.39 is 35.9 Å².